The molecule has 0 unspecified atom stereocenters. The summed E-state index contributed by atoms with van der Waals surface area (Å²) in [5.74, 6) is 5.11. The van der Waals surface area contributed by atoms with E-state index in [1.54, 1.807) is 43.5 Å². The van der Waals surface area contributed by atoms with Crippen LogP contribution in [0, 0.1) is 11.8 Å². The molecule has 0 spiro atoms. The van der Waals surface area contributed by atoms with Crippen LogP contribution in [-0.2, 0) is 16.1 Å². The first-order chi connectivity index (χ1) is 18.8. The minimum atomic E-state index is -1.30. The normalized spacial score (nSPS) is 11.8. The van der Waals surface area contributed by atoms with E-state index in [2.05, 4.69) is 27.8 Å². The largest absolute Gasteiger partial charge is 0.497 e. The Bertz CT molecular complexity index is 1340. The van der Waals surface area contributed by atoms with Gasteiger partial charge in [-0.25, -0.2) is 5.48 Å². The maximum atomic E-state index is 12.4. The first-order valence-corrected chi connectivity index (χ1v) is 12.1. The second-order valence-electron chi connectivity index (χ2n) is 8.58. The van der Waals surface area contributed by atoms with Crippen molar-refractivity contribution in [2.75, 3.05) is 19.0 Å². The Labute approximate surface area is 226 Å². The predicted molar refractivity (Wildman–Crippen MR) is 145 cm³/mol. The van der Waals surface area contributed by atoms with E-state index < -0.39 is 24.0 Å². The van der Waals surface area contributed by atoms with Gasteiger partial charge in [-0.1, -0.05) is 24.0 Å². The fraction of sp³-hybridized carbons (Fsp3) is 0.207. The van der Waals surface area contributed by atoms with Crippen molar-refractivity contribution in [1.82, 2.24) is 16.1 Å². The highest BCUT2D eigenvalue weighted by Crippen LogP contribution is 2.12. The Morgan fingerprint density at radius 3 is 2.18 bits per heavy atom. The molecule has 0 fully saturated rings. The summed E-state index contributed by atoms with van der Waals surface area (Å²) < 4.78 is 5.20. The number of aliphatic hydroxyl groups excluding tert-OH is 1. The number of hydroxylamine groups is 1. The summed E-state index contributed by atoms with van der Waals surface area (Å²) >= 11 is 0. The average molecular weight is 531 g/mol. The van der Waals surface area contributed by atoms with Crippen molar-refractivity contribution in [3.8, 4) is 17.6 Å². The second kappa shape index (κ2) is 14.3. The van der Waals surface area contributed by atoms with E-state index >= 15 is 0 Å². The summed E-state index contributed by atoms with van der Waals surface area (Å²) in [5.41, 5.74) is 4.73. The Balaban J connectivity index is 1.50. The molecule has 3 amide bonds. The zero-order valence-corrected chi connectivity index (χ0v) is 21.5. The molecule has 0 aliphatic rings. The molecule has 2 atom stereocenters. The predicted octanol–water partition coefficient (Wildman–Crippen LogP) is 1.81. The lowest BCUT2D eigenvalue weighted by atomic mass is 10.1. The van der Waals surface area contributed by atoms with Gasteiger partial charge in [0.15, 0.2) is 0 Å². The molecule has 0 heterocycles. The summed E-state index contributed by atoms with van der Waals surface area (Å²) in [6.45, 7) is 2.01. The minimum absolute atomic E-state index is 0.154. The summed E-state index contributed by atoms with van der Waals surface area (Å²) in [6, 6.07) is 19.8. The van der Waals surface area contributed by atoms with Crippen molar-refractivity contribution in [1.29, 1.82) is 0 Å². The van der Waals surface area contributed by atoms with E-state index in [0.717, 1.165) is 16.9 Å². The Kier molecular flexibility index (Phi) is 10.6. The number of amides is 3. The molecule has 3 rings (SSSR count). The van der Waals surface area contributed by atoms with Crippen LogP contribution in [0.3, 0.4) is 0 Å². The van der Waals surface area contributed by atoms with Crippen LogP contribution in [0.4, 0.5) is 5.69 Å². The molecule has 0 saturated carbocycles. The fourth-order valence-corrected chi connectivity index (χ4v) is 3.49. The zero-order chi connectivity index (χ0) is 28.2. The van der Waals surface area contributed by atoms with Crippen LogP contribution < -0.4 is 26.2 Å². The minimum Gasteiger partial charge on any atom is -0.497 e. The SMILES string of the molecule is COc1cccc(CNCC(=O)Nc2ccc(C#Cc3ccc(C(=O)N[C@H](C(=O)NO)[C@@H](C)O)cc3)cc2)c1. The number of hydrogen-bond acceptors (Lipinski definition) is 7. The van der Waals surface area contributed by atoms with Crippen LogP contribution in [0.2, 0.25) is 0 Å². The van der Waals surface area contributed by atoms with Gasteiger partial charge >= 0.3 is 0 Å². The number of carbonyl (C=O) groups excluding carboxylic acids is 3. The van der Waals surface area contributed by atoms with Gasteiger partial charge in [0.2, 0.25) is 5.91 Å². The molecular formula is C29H30N4O6. The number of rotatable bonds is 10. The summed E-state index contributed by atoms with van der Waals surface area (Å²) in [4.78, 5) is 36.2. The number of ether oxygens (including phenoxy) is 1. The number of methoxy groups -OCH3 is 1. The monoisotopic (exact) mass is 530 g/mol. The first-order valence-electron chi connectivity index (χ1n) is 12.1. The van der Waals surface area contributed by atoms with E-state index in [1.807, 2.05) is 24.3 Å². The van der Waals surface area contributed by atoms with E-state index in [-0.39, 0.29) is 18.0 Å². The number of aliphatic hydroxyl groups is 1. The van der Waals surface area contributed by atoms with E-state index in [9.17, 15) is 19.5 Å². The Morgan fingerprint density at radius 2 is 1.59 bits per heavy atom. The molecule has 3 aromatic rings. The molecule has 10 heteroatoms. The van der Waals surface area contributed by atoms with Gasteiger partial charge in [0, 0.05) is 28.9 Å². The number of carbonyl (C=O) groups is 3. The third kappa shape index (κ3) is 8.98. The van der Waals surface area contributed by atoms with Crippen LogP contribution >= 0.6 is 0 Å². The zero-order valence-electron chi connectivity index (χ0n) is 21.5. The summed E-state index contributed by atoms with van der Waals surface area (Å²) in [7, 11) is 1.61. The van der Waals surface area contributed by atoms with E-state index in [0.29, 0.717) is 17.8 Å². The quantitative estimate of drug-likeness (QED) is 0.133. The maximum absolute atomic E-state index is 12.4. The molecule has 0 aromatic heterocycles. The van der Waals surface area contributed by atoms with Gasteiger partial charge in [-0.3, -0.25) is 19.6 Å². The van der Waals surface area contributed by atoms with Gasteiger partial charge in [0.05, 0.1) is 19.8 Å². The van der Waals surface area contributed by atoms with Crippen LogP contribution in [0.25, 0.3) is 0 Å². The van der Waals surface area contributed by atoms with Crippen molar-refractivity contribution in [3.05, 3.63) is 95.1 Å². The molecule has 0 saturated heterocycles. The van der Waals surface area contributed by atoms with Crippen molar-refractivity contribution in [2.45, 2.75) is 25.6 Å². The molecule has 6 N–H and O–H groups in total. The van der Waals surface area contributed by atoms with Crippen molar-refractivity contribution >= 4 is 23.4 Å². The Hall–Kier alpha value is -4.69. The van der Waals surface area contributed by atoms with Gasteiger partial charge in [0.25, 0.3) is 11.8 Å². The molecule has 10 nitrogen and oxygen atoms in total. The topological polar surface area (TPSA) is 149 Å². The molecule has 0 aliphatic carbocycles. The third-order valence-corrected chi connectivity index (χ3v) is 5.58. The summed E-state index contributed by atoms with van der Waals surface area (Å²) in [6.07, 6.45) is -1.20. The molecule has 202 valence electrons. The van der Waals surface area contributed by atoms with E-state index in [4.69, 9.17) is 9.94 Å². The first kappa shape index (κ1) is 28.9. The van der Waals surface area contributed by atoms with Gasteiger partial charge in [-0.05, 0) is 73.2 Å². The van der Waals surface area contributed by atoms with Crippen LogP contribution in [0.1, 0.15) is 34.0 Å². The van der Waals surface area contributed by atoms with Gasteiger partial charge < -0.3 is 25.8 Å². The fourth-order valence-electron chi connectivity index (χ4n) is 3.49. The van der Waals surface area contributed by atoms with Crippen molar-refractivity contribution in [2.24, 2.45) is 0 Å². The average Bonchev–Trinajstić information content (AvgIpc) is 2.95. The number of nitrogens with one attached hydrogen (secondary N) is 4. The Morgan fingerprint density at radius 1 is 0.949 bits per heavy atom. The van der Waals surface area contributed by atoms with Crippen LogP contribution in [0.15, 0.2) is 72.8 Å². The van der Waals surface area contributed by atoms with Gasteiger partial charge in [0.1, 0.15) is 11.8 Å². The summed E-state index contributed by atoms with van der Waals surface area (Å²) in [5, 5.41) is 26.7. The van der Waals surface area contributed by atoms with Crippen LogP contribution in [0.5, 0.6) is 5.75 Å². The third-order valence-electron chi connectivity index (χ3n) is 5.58. The number of hydrogen-bond donors (Lipinski definition) is 6. The highest BCUT2D eigenvalue weighted by molar-refractivity contribution is 5.97. The maximum Gasteiger partial charge on any atom is 0.268 e. The van der Waals surface area contributed by atoms with Gasteiger partial charge in [-0.2, -0.15) is 0 Å². The van der Waals surface area contributed by atoms with Crippen molar-refractivity contribution in [3.63, 3.8) is 0 Å². The highest BCUT2D eigenvalue weighted by Gasteiger charge is 2.25. The smallest absolute Gasteiger partial charge is 0.268 e. The molecular weight excluding hydrogens is 500 g/mol. The lowest BCUT2D eigenvalue weighted by Crippen LogP contribution is -2.51. The standard InChI is InChI=1S/C29H30N4O6/c1-19(34)27(29(37)33-38)32-28(36)23-12-8-20(9-13-23)6-7-21-10-14-24(15-11-21)31-26(35)18-30-17-22-4-3-5-25(16-22)39-2/h3-5,8-16,19,27,30,34,38H,17-18H2,1-2H3,(H,31,35)(H,32,36)(H,33,37)/t19-,27+/m1/s1. The lowest BCUT2D eigenvalue weighted by molar-refractivity contribution is -0.133. The highest BCUT2D eigenvalue weighted by atomic mass is 16.5. The van der Waals surface area contributed by atoms with Crippen molar-refractivity contribution < 1.29 is 29.4 Å². The van der Waals surface area contributed by atoms with E-state index in [1.165, 1.54) is 24.5 Å². The second-order valence-corrected chi connectivity index (χ2v) is 8.58. The number of anilines is 1. The molecule has 0 bridgehead atoms. The van der Waals surface area contributed by atoms with Crippen LogP contribution in [-0.4, -0.2) is 53.8 Å². The molecule has 39 heavy (non-hydrogen) atoms. The van der Waals surface area contributed by atoms with Gasteiger partial charge in [-0.15, -0.1) is 0 Å². The molecule has 0 radical (unpaired) electrons. The lowest BCUT2D eigenvalue weighted by Gasteiger charge is -2.19. The number of benzene rings is 3. The molecule has 0 aliphatic heterocycles. The molecule has 3 aromatic carbocycles.